The van der Waals surface area contributed by atoms with Crippen LogP contribution >= 0.6 is 0 Å². The van der Waals surface area contributed by atoms with E-state index in [2.05, 4.69) is 470 Å². The quantitative estimate of drug-likeness (QED) is 0.0942. The number of aromatic nitrogens is 8. The van der Waals surface area contributed by atoms with E-state index in [0.717, 1.165) is 134 Å². The highest BCUT2D eigenvalue weighted by Crippen LogP contribution is 2.56. The zero-order valence-electron chi connectivity index (χ0n) is 73.9. The summed E-state index contributed by atoms with van der Waals surface area (Å²) < 4.78 is 18.8. The molecule has 0 fully saturated rings. The van der Waals surface area contributed by atoms with Crippen molar-refractivity contribution in [3.63, 3.8) is 0 Å². The maximum Gasteiger partial charge on any atom is 0.164 e. The molecule has 0 bridgehead atoms. The van der Waals surface area contributed by atoms with Gasteiger partial charge in [-0.1, -0.05) is 394 Å². The standard InChI is InChI=1S/2C63H42N4O/c1-4-14-41(15-5-1)44-26-28-46(29-27-44)49-21-13-23-52(39-49)67-56-25-11-10-24-54(56)59-57(67)36-35-53-55-40-51(34-37-58(55)68-60(53)59)63-65-61(47-32-30-45(31-33-47)42-16-6-2-7-17-42)64-62(66-63)50-22-12-20-48(38-50)43-18-8-3-9-19-43;1-4-13-41(14-5-1)44-23-25-47(26-24-44)50-19-12-20-52(39-50)67-56-22-11-10-21-54(56)59-57(67)37-36-53-55-40-51(35-38-58(55)68-60(53)59)63-65-61(48-31-27-45(28-32-48)42-15-6-2-7-16-42)64-62(66-63)49-33-29-46(30-34-49)43-17-8-3-9-18-43/h2*1-40,53,60H. The summed E-state index contributed by atoms with van der Waals surface area (Å²) in [6.07, 6.45) is 8.82. The average Bonchev–Trinajstić information content (AvgIpc) is 1.56. The molecule has 136 heavy (non-hydrogen) atoms. The van der Waals surface area contributed by atoms with Gasteiger partial charge >= 0.3 is 0 Å². The van der Waals surface area contributed by atoms with Gasteiger partial charge in [0.1, 0.15) is 23.7 Å². The van der Waals surface area contributed by atoms with Crippen molar-refractivity contribution < 1.29 is 9.47 Å². The lowest BCUT2D eigenvalue weighted by molar-refractivity contribution is 0.224. The highest BCUT2D eigenvalue weighted by atomic mass is 16.5. The van der Waals surface area contributed by atoms with Crippen LogP contribution in [0.2, 0.25) is 0 Å². The topological polar surface area (TPSA) is 106 Å². The Bertz CT molecular complexity index is 8250. The minimum atomic E-state index is -0.201. The van der Waals surface area contributed by atoms with Gasteiger partial charge in [-0.2, -0.15) is 0 Å². The molecule has 4 aromatic heterocycles. The zero-order valence-corrected chi connectivity index (χ0v) is 73.9. The van der Waals surface area contributed by atoms with E-state index < -0.39 is 0 Å². The van der Waals surface area contributed by atoms with Crippen LogP contribution in [0.1, 0.15) is 57.7 Å². The summed E-state index contributed by atoms with van der Waals surface area (Å²) in [6.45, 7) is 0. The predicted molar refractivity (Wildman–Crippen MR) is 553 cm³/mol. The van der Waals surface area contributed by atoms with E-state index in [1.165, 1.54) is 66.4 Å². The van der Waals surface area contributed by atoms with Gasteiger partial charge in [0.25, 0.3) is 0 Å². The zero-order chi connectivity index (χ0) is 89.9. The van der Waals surface area contributed by atoms with Crippen LogP contribution in [0.3, 0.4) is 0 Å². The van der Waals surface area contributed by atoms with Crippen molar-refractivity contribution in [2.75, 3.05) is 0 Å². The van der Waals surface area contributed by atoms with Crippen molar-refractivity contribution in [2.45, 2.75) is 24.0 Å². The molecule has 26 rings (SSSR count). The van der Waals surface area contributed by atoms with Crippen molar-refractivity contribution in [2.24, 2.45) is 0 Å². The van der Waals surface area contributed by atoms with Gasteiger partial charge in [-0.05, 0) is 180 Å². The Hall–Kier alpha value is -17.9. The Morgan fingerprint density at radius 3 is 0.735 bits per heavy atom. The number of hydrogen-bond donors (Lipinski definition) is 0. The maximum absolute atomic E-state index is 7.00. The normalized spacial score (nSPS) is 14.5. The van der Waals surface area contributed by atoms with Crippen molar-refractivity contribution in [1.82, 2.24) is 39.0 Å². The molecule has 2 aliphatic heterocycles. The summed E-state index contributed by atoms with van der Waals surface area (Å²) in [5, 5.41) is 2.38. The molecule has 18 aromatic carbocycles. The monoisotopic (exact) mass is 1740 g/mol. The molecule has 0 amide bonds. The Labute approximate surface area is 788 Å². The van der Waals surface area contributed by atoms with E-state index in [0.29, 0.717) is 34.9 Å². The van der Waals surface area contributed by atoms with E-state index in [4.69, 9.17) is 39.4 Å². The maximum atomic E-state index is 7.00. The summed E-state index contributed by atoms with van der Waals surface area (Å²) in [7, 11) is 0. The van der Waals surface area contributed by atoms with E-state index in [-0.39, 0.29) is 24.0 Å². The average molecular weight is 1740 g/mol. The molecule has 0 N–H and O–H groups in total. The number of hydrogen-bond acceptors (Lipinski definition) is 8. The van der Waals surface area contributed by atoms with E-state index >= 15 is 0 Å². The van der Waals surface area contributed by atoms with Gasteiger partial charge in [0.05, 0.1) is 22.4 Å². The fourth-order valence-corrected chi connectivity index (χ4v) is 20.1. The number of fused-ring (bicyclic) bond motifs is 14. The minimum Gasteiger partial charge on any atom is -0.484 e. The molecule has 10 nitrogen and oxygen atoms in total. The molecule has 640 valence electrons. The van der Waals surface area contributed by atoms with Crippen LogP contribution < -0.4 is 9.47 Å². The summed E-state index contributed by atoms with van der Waals surface area (Å²) in [6, 6.07) is 162. The third kappa shape index (κ3) is 15.0. The molecule has 0 radical (unpaired) electrons. The van der Waals surface area contributed by atoms with Gasteiger partial charge in [-0.3, -0.25) is 0 Å². The van der Waals surface area contributed by atoms with Gasteiger partial charge in [0.15, 0.2) is 34.9 Å². The molecule has 0 saturated carbocycles. The van der Waals surface area contributed by atoms with Crippen LogP contribution in [0, 0.1) is 0 Å². The first-order chi connectivity index (χ1) is 67.4. The number of para-hydroxylation sites is 2. The predicted octanol–water partition coefficient (Wildman–Crippen LogP) is 31.5. The fraction of sp³-hybridized carbons (Fsp3) is 0.0317. The number of ether oxygens (including phenoxy) is 2. The third-order valence-electron chi connectivity index (χ3n) is 26.9. The van der Waals surface area contributed by atoms with Crippen LogP contribution in [0.4, 0.5) is 0 Å². The second-order valence-corrected chi connectivity index (χ2v) is 35.0. The number of nitrogens with zero attached hydrogens (tertiary/aromatic N) is 8. The van der Waals surface area contributed by atoms with Crippen LogP contribution in [0.5, 0.6) is 11.5 Å². The summed E-state index contributed by atoms with van der Waals surface area (Å²) in [5.41, 5.74) is 35.6. The smallest absolute Gasteiger partial charge is 0.164 e. The molecule has 4 atom stereocenters. The van der Waals surface area contributed by atoms with Gasteiger partial charge < -0.3 is 18.6 Å². The van der Waals surface area contributed by atoms with Crippen LogP contribution in [-0.2, 0) is 0 Å². The second kappa shape index (κ2) is 34.5. The van der Waals surface area contributed by atoms with E-state index in [1.807, 2.05) is 24.3 Å². The molecule has 10 heteroatoms. The third-order valence-corrected chi connectivity index (χ3v) is 26.9. The van der Waals surface area contributed by atoms with Crippen molar-refractivity contribution >= 4 is 34.0 Å². The lowest BCUT2D eigenvalue weighted by Gasteiger charge is -2.22. The molecule has 4 aliphatic rings. The summed E-state index contributed by atoms with van der Waals surface area (Å²) in [5.74, 6) is 5.46. The van der Waals surface area contributed by atoms with Crippen LogP contribution in [0.15, 0.2) is 473 Å². The molecule has 0 saturated heterocycles. The molecule has 6 heterocycles. The highest BCUT2D eigenvalue weighted by molar-refractivity contribution is 5.95. The van der Waals surface area contributed by atoms with Crippen LogP contribution in [0.25, 0.3) is 203 Å². The lowest BCUT2D eigenvalue weighted by Crippen LogP contribution is -2.13. The molecule has 2 aliphatic carbocycles. The number of benzene rings is 18. The van der Waals surface area contributed by atoms with Crippen LogP contribution in [-0.4, -0.2) is 39.0 Å². The SMILES string of the molecule is C1=CC2c3cc(-c4nc(-c5ccc(-c6ccccc6)cc5)nc(-c5ccc(-c6ccccc6)cc5)n4)ccc3OC2c2c1n(-c1cccc(-c3ccc(-c4ccccc4)cc3)c1)c1ccccc21.C1=CC2c3cc(-c4nc(-c5ccc(-c6ccccc6)cc5)nc(-c5cccc(-c6ccccc6)c5)n4)ccc3OC2c2c1n(-c1cccc(-c3ccc(-c4ccccc4)cc3)c1)c1ccccc21. The highest BCUT2D eigenvalue weighted by Gasteiger charge is 2.43. The first-order valence-corrected chi connectivity index (χ1v) is 46.3. The molecule has 4 unspecified atom stereocenters. The second-order valence-electron chi connectivity index (χ2n) is 35.0. The fourth-order valence-electron chi connectivity index (χ4n) is 20.1. The largest absolute Gasteiger partial charge is 0.484 e. The summed E-state index contributed by atoms with van der Waals surface area (Å²) >= 11 is 0. The van der Waals surface area contributed by atoms with Gasteiger partial charge in [-0.25, -0.2) is 29.9 Å². The van der Waals surface area contributed by atoms with Gasteiger partial charge in [0.2, 0.25) is 0 Å². The van der Waals surface area contributed by atoms with Crippen molar-refractivity contribution in [3.8, 4) is 180 Å². The van der Waals surface area contributed by atoms with Crippen molar-refractivity contribution in [1.29, 1.82) is 0 Å². The van der Waals surface area contributed by atoms with Crippen molar-refractivity contribution in [3.05, 3.63) is 507 Å². The lowest BCUT2D eigenvalue weighted by atomic mass is 9.85. The van der Waals surface area contributed by atoms with Gasteiger partial charge in [0, 0.05) is 89.6 Å². The first-order valence-electron chi connectivity index (χ1n) is 46.3. The Morgan fingerprint density at radius 1 is 0.184 bits per heavy atom. The Morgan fingerprint density at radius 2 is 0.412 bits per heavy atom. The Kier molecular flexibility index (Phi) is 20.3. The Balaban J connectivity index is 0.000000145. The molecule has 0 spiro atoms. The molecule has 22 aromatic rings. The van der Waals surface area contributed by atoms with Gasteiger partial charge in [-0.15, -0.1) is 0 Å². The number of rotatable bonds is 16. The first kappa shape index (κ1) is 80.2. The minimum absolute atomic E-state index is 0.0000301. The summed E-state index contributed by atoms with van der Waals surface area (Å²) in [4.78, 5) is 31.0. The van der Waals surface area contributed by atoms with E-state index in [1.54, 1.807) is 0 Å². The molecular formula is C126H84N8O2. The molecular weight excluding hydrogens is 1660 g/mol. The van der Waals surface area contributed by atoms with E-state index in [9.17, 15) is 0 Å².